The van der Waals surface area contributed by atoms with Crippen LogP contribution in [0, 0.1) is 5.92 Å². The lowest BCUT2D eigenvalue weighted by Crippen LogP contribution is -2.19. The van der Waals surface area contributed by atoms with Crippen LogP contribution in [-0.2, 0) is 14.3 Å². The summed E-state index contributed by atoms with van der Waals surface area (Å²) in [7, 11) is -3.78. The van der Waals surface area contributed by atoms with E-state index in [1.807, 2.05) is 0 Å². The van der Waals surface area contributed by atoms with Gasteiger partial charge in [-0.25, -0.2) is 4.79 Å². The van der Waals surface area contributed by atoms with Gasteiger partial charge in [0.15, 0.2) is 0 Å². The lowest BCUT2D eigenvalue weighted by Gasteiger charge is -2.07. The fourth-order valence-corrected chi connectivity index (χ4v) is 2.39. The van der Waals surface area contributed by atoms with Crippen LogP contribution in [0.1, 0.15) is 24.2 Å². The van der Waals surface area contributed by atoms with Crippen molar-refractivity contribution in [1.82, 2.24) is 0 Å². The first-order valence-electron chi connectivity index (χ1n) is 4.92. The van der Waals surface area contributed by atoms with Crippen molar-refractivity contribution in [3.8, 4) is 0 Å². The number of benzene rings is 1. The van der Waals surface area contributed by atoms with E-state index in [9.17, 15) is 13.2 Å². The summed E-state index contributed by atoms with van der Waals surface area (Å²) < 4.78 is 27.2. The quantitative estimate of drug-likeness (QED) is 0.756. The summed E-state index contributed by atoms with van der Waals surface area (Å²) in [5.74, 6) is -1.07. The molecule has 0 radical (unpaired) electrons. The smallest absolute Gasteiger partial charge is 0.341 e. The highest BCUT2D eigenvalue weighted by Crippen LogP contribution is 2.07. The Morgan fingerprint density at radius 1 is 1.25 bits per heavy atom. The molecule has 0 heterocycles. The van der Waals surface area contributed by atoms with Crippen molar-refractivity contribution < 1.29 is 17.4 Å². The van der Waals surface area contributed by atoms with E-state index in [0.717, 1.165) is 0 Å². The van der Waals surface area contributed by atoms with Crippen molar-refractivity contribution in [3.63, 3.8) is 0 Å². The van der Waals surface area contributed by atoms with Gasteiger partial charge >= 0.3 is 16.1 Å². The van der Waals surface area contributed by atoms with Crippen LogP contribution in [0.3, 0.4) is 0 Å². The molecule has 16 heavy (non-hydrogen) atoms. The highest BCUT2D eigenvalue weighted by molar-refractivity contribution is 7.87. The SMILES string of the molecule is CC(C)CS(=O)(=O)OC(=O)c1ccccc1. The monoisotopic (exact) mass is 242 g/mol. The van der Waals surface area contributed by atoms with E-state index < -0.39 is 16.1 Å². The van der Waals surface area contributed by atoms with Crippen LogP contribution in [-0.4, -0.2) is 20.1 Å². The number of carbonyl (C=O) groups is 1. The Morgan fingerprint density at radius 2 is 1.81 bits per heavy atom. The van der Waals surface area contributed by atoms with Crippen LogP contribution in [0.15, 0.2) is 30.3 Å². The van der Waals surface area contributed by atoms with Gasteiger partial charge in [-0.05, 0) is 18.1 Å². The summed E-state index contributed by atoms with van der Waals surface area (Å²) in [4.78, 5) is 11.4. The molecule has 0 fully saturated rings. The van der Waals surface area contributed by atoms with Gasteiger partial charge in [-0.2, -0.15) is 8.42 Å². The van der Waals surface area contributed by atoms with Crippen LogP contribution in [0.25, 0.3) is 0 Å². The normalized spacial score (nSPS) is 11.4. The predicted octanol–water partition coefficient (Wildman–Crippen LogP) is 1.83. The highest BCUT2D eigenvalue weighted by atomic mass is 32.2. The zero-order valence-corrected chi connectivity index (χ0v) is 10.0. The molecule has 1 rings (SSSR count). The Labute approximate surface area is 95.4 Å². The molecule has 0 aliphatic heterocycles. The third kappa shape index (κ3) is 4.02. The fourth-order valence-electron chi connectivity index (χ4n) is 1.18. The maximum atomic E-state index is 11.4. The van der Waals surface area contributed by atoms with Crippen LogP contribution >= 0.6 is 0 Å². The van der Waals surface area contributed by atoms with Crippen LogP contribution in [0.4, 0.5) is 0 Å². The van der Waals surface area contributed by atoms with Gasteiger partial charge in [0.1, 0.15) is 0 Å². The summed E-state index contributed by atoms with van der Waals surface area (Å²) in [5.41, 5.74) is 0.231. The van der Waals surface area contributed by atoms with E-state index in [2.05, 4.69) is 4.18 Å². The standard InChI is InChI=1S/C11H14O4S/c1-9(2)8-16(13,14)15-11(12)10-6-4-3-5-7-10/h3-7,9H,8H2,1-2H3. The van der Waals surface area contributed by atoms with Crippen molar-refractivity contribution in [2.24, 2.45) is 5.92 Å². The number of hydrogen-bond donors (Lipinski definition) is 0. The van der Waals surface area contributed by atoms with E-state index in [-0.39, 0.29) is 17.2 Å². The van der Waals surface area contributed by atoms with Crippen LogP contribution in [0.2, 0.25) is 0 Å². The Morgan fingerprint density at radius 3 is 2.31 bits per heavy atom. The Bertz CT molecular complexity index is 448. The molecule has 0 atom stereocenters. The third-order valence-corrected chi connectivity index (χ3v) is 3.23. The van der Waals surface area contributed by atoms with Gasteiger partial charge in [-0.1, -0.05) is 32.0 Å². The van der Waals surface area contributed by atoms with E-state index in [4.69, 9.17) is 0 Å². The lowest BCUT2D eigenvalue weighted by atomic mass is 10.2. The Kier molecular flexibility index (Phi) is 4.06. The molecule has 0 N–H and O–H groups in total. The first-order chi connectivity index (χ1) is 7.41. The highest BCUT2D eigenvalue weighted by Gasteiger charge is 2.19. The zero-order chi connectivity index (χ0) is 12.2. The second-order valence-corrected chi connectivity index (χ2v) is 5.47. The average Bonchev–Trinajstić information content (AvgIpc) is 2.16. The first-order valence-corrected chi connectivity index (χ1v) is 6.50. The van der Waals surface area contributed by atoms with Crippen molar-refractivity contribution in [2.45, 2.75) is 13.8 Å². The molecular weight excluding hydrogens is 228 g/mol. The molecule has 4 nitrogen and oxygen atoms in total. The third-order valence-electron chi connectivity index (χ3n) is 1.75. The maximum absolute atomic E-state index is 11.4. The van der Waals surface area contributed by atoms with Gasteiger partial charge in [0.05, 0.1) is 11.3 Å². The molecule has 0 unspecified atom stereocenters. The predicted molar refractivity (Wildman–Crippen MR) is 60.5 cm³/mol. The van der Waals surface area contributed by atoms with Crippen molar-refractivity contribution >= 4 is 16.1 Å². The minimum Gasteiger partial charge on any atom is -0.341 e. The molecule has 0 aromatic heterocycles. The summed E-state index contributed by atoms with van der Waals surface area (Å²) in [5, 5.41) is 0. The van der Waals surface area contributed by atoms with Gasteiger partial charge in [0, 0.05) is 0 Å². The summed E-state index contributed by atoms with van der Waals surface area (Å²) in [6.45, 7) is 3.49. The summed E-state index contributed by atoms with van der Waals surface area (Å²) in [6, 6.07) is 8.04. The molecule has 1 aromatic rings. The topological polar surface area (TPSA) is 60.4 Å². The van der Waals surface area contributed by atoms with E-state index in [1.165, 1.54) is 12.1 Å². The van der Waals surface area contributed by atoms with Crippen molar-refractivity contribution in [1.29, 1.82) is 0 Å². The fraction of sp³-hybridized carbons (Fsp3) is 0.364. The van der Waals surface area contributed by atoms with Gasteiger partial charge in [0.25, 0.3) is 0 Å². The summed E-state index contributed by atoms with van der Waals surface area (Å²) >= 11 is 0. The second-order valence-electron chi connectivity index (χ2n) is 3.86. The molecule has 5 heteroatoms. The number of carbonyl (C=O) groups excluding carboxylic acids is 1. The first kappa shape index (κ1) is 12.7. The number of rotatable bonds is 4. The molecule has 0 amide bonds. The number of hydrogen-bond acceptors (Lipinski definition) is 4. The van der Waals surface area contributed by atoms with Crippen LogP contribution in [0.5, 0.6) is 0 Å². The zero-order valence-electron chi connectivity index (χ0n) is 9.21. The largest absolute Gasteiger partial charge is 0.353 e. The average molecular weight is 242 g/mol. The Hall–Kier alpha value is -1.36. The molecule has 0 saturated carbocycles. The maximum Gasteiger partial charge on any atom is 0.353 e. The van der Waals surface area contributed by atoms with Gasteiger partial charge < -0.3 is 4.18 Å². The minimum absolute atomic E-state index is 0.0754. The van der Waals surface area contributed by atoms with Gasteiger partial charge in [0.2, 0.25) is 0 Å². The van der Waals surface area contributed by atoms with E-state index >= 15 is 0 Å². The van der Waals surface area contributed by atoms with Gasteiger partial charge in [-0.3, -0.25) is 0 Å². The molecule has 0 bridgehead atoms. The molecule has 88 valence electrons. The van der Waals surface area contributed by atoms with E-state index in [0.29, 0.717) is 0 Å². The minimum atomic E-state index is -3.78. The van der Waals surface area contributed by atoms with Crippen molar-refractivity contribution in [2.75, 3.05) is 5.75 Å². The Balaban J connectivity index is 2.73. The lowest BCUT2D eigenvalue weighted by molar-refractivity contribution is 0.0746. The van der Waals surface area contributed by atoms with Crippen molar-refractivity contribution in [3.05, 3.63) is 35.9 Å². The molecule has 1 aromatic carbocycles. The second kappa shape index (κ2) is 5.12. The molecule has 0 aliphatic carbocycles. The molecule has 0 saturated heterocycles. The van der Waals surface area contributed by atoms with Crippen LogP contribution < -0.4 is 0 Å². The molecule has 0 spiro atoms. The van der Waals surface area contributed by atoms with E-state index in [1.54, 1.807) is 32.0 Å². The molecule has 0 aliphatic rings. The molecular formula is C11H14O4S. The van der Waals surface area contributed by atoms with Gasteiger partial charge in [-0.15, -0.1) is 0 Å². The summed E-state index contributed by atoms with van der Waals surface area (Å²) in [6.07, 6.45) is 0.